The van der Waals surface area contributed by atoms with Crippen LogP contribution in [-0.2, 0) is 13.0 Å². The van der Waals surface area contributed by atoms with Crippen LogP contribution < -0.4 is 0 Å². The maximum Gasteiger partial charge on any atom is 0.144 e. The highest BCUT2D eigenvalue weighted by Crippen LogP contribution is 2.31. The third-order valence-corrected chi connectivity index (χ3v) is 5.04. The first-order valence-electron chi connectivity index (χ1n) is 8.81. The smallest absolute Gasteiger partial charge is 0.144 e. The van der Waals surface area contributed by atoms with Crippen molar-refractivity contribution in [3.63, 3.8) is 0 Å². The molecule has 25 heavy (non-hydrogen) atoms. The maximum absolute atomic E-state index is 4.76. The van der Waals surface area contributed by atoms with Gasteiger partial charge < -0.3 is 9.47 Å². The molecular weight excluding hydrogens is 308 g/mol. The molecular formula is C21H24N4. The fraction of sp³-hybridized carbons (Fsp3) is 0.333. The summed E-state index contributed by atoms with van der Waals surface area (Å²) in [5.41, 5.74) is 8.49. The van der Waals surface area contributed by atoms with Crippen molar-refractivity contribution in [2.24, 2.45) is 0 Å². The Labute approximate surface area is 148 Å². The Morgan fingerprint density at radius 3 is 2.76 bits per heavy atom. The van der Waals surface area contributed by atoms with Gasteiger partial charge in [-0.05, 0) is 62.2 Å². The molecule has 4 heteroatoms. The normalized spacial score (nSPS) is 15.6. The number of aryl methyl sites for hydroxylation is 2. The second-order valence-electron chi connectivity index (χ2n) is 7.17. The number of allylic oxidation sites excluding steroid dienone is 1. The van der Waals surface area contributed by atoms with Crippen LogP contribution in [0.5, 0.6) is 0 Å². The zero-order valence-electron chi connectivity index (χ0n) is 15.4. The SMILES string of the molecule is C/C(=C\n1c2c(c3cc(C)cnc31)CN(C)CC2)c1ccc(C)nc1. The molecule has 1 aliphatic heterocycles. The predicted octanol–water partition coefficient (Wildman–Crippen LogP) is 4.05. The third kappa shape index (κ3) is 2.87. The number of nitrogens with zero attached hydrogens (tertiary/aromatic N) is 4. The molecule has 0 amide bonds. The van der Waals surface area contributed by atoms with Gasteiger partial charge in [0.25, 0.3) is 0 Å². The Bertz CT molecular complexity index is 964. The number of hydrogen-bond acceptors (Lipinski definition) is 3. The summed E-state index contributed by atoms with van der Waals surface area (Å²) in [5.74, 6) is 0. The van der Waals surface area contributed by atoms with Crippen molar-refractivity contribution >= 4 is 22.8 Å². The van der Waals surface area contributed by atoms with Gasteiger partial charge in [0.15, 0.2) is 0 Å². The summed E-state index contributed by atoms with van der Waals surface area (Å²) < 4.78 is 2.30. The average molecular weight is 332 g/mol. The summed E-state index contributed by atoms with van der Waals surface area (Å²) in [6.07, 6.45) is 7.19. The number of aromatic nitrogens is 3. The van der Waals surface area contributed by atoms with E-state index in [2.05, 4.69) is 59.7 Å². The van der Waals surface area contributed by atoms with Crippen molar-refractivity contribution in [1.29, 1.82) is 0 Å². The van der Waals surface area contributed by atoms with E-state index < -0.39 is 0 Å². The molecule has 3 aromatic rings. The summed E-state index contributed by atoms with van der Waals surface area (Å²) in [7, 11) is 2.19. The van der Waals surface area contributed by atoms with Crippen LogP contribution in [0.2, 0.25) is 0 Å². The van der Waals surface area contributed by atoms with E-state index in [4.69, 9.17) is 4.98 Å². The number of fused-ring (bicyclic) bond motifs is 3. The summed E-state index contributed by atoms with van der Waals surface area (Å²) >= 11 is 0. The number of hydrogen-bond donors (Lipinski definition) is 0. The van der Waals surface area contributed by atoms with E-state index in [1.54, 1.807) is 0 Å². The second-order valence-corrected chi connectivity index (χ2v) is 7.17. The van der Waals surface area contributed by atoms with Crippen molar-refractivity contribution in [1.82, 2.24) is 19.4 Å². The van der Waals surface area contributed by atoms with Gasteiger partial charge in [-0.1, -0.05) is 6.07 Å². The van der Waals surface area contributed by atoms with Crippen molar-refractivity contribution in [3.05, 3.63) is 58.7 Å². The highest BCUT2D eigenvalue weighted by Gasteiger charge is 2.22. The minimum atomic E-state index is 0.989. The third-order valence-electron chi connectivity index (χ3n) is 5.04. The van der Waals surface area contributed by atoms with Gasteiger partial charge in [-0.2, -0.15) is 0 Å². The molecule has 4 heterocycles. The number of rotatable bonds is 2. The zero-order valence-corrected chi connectivity index (χ0v) is 15.4. The fourth-order valence-corrected chi connectivity index (χ4v) is 3.61. The molecule has 0 saturated heterocycles. The molecule has 0 spiro atoms. The van der Waals surface area contributed by atoms with Crippen molar-refractivity contribution < 1.29 is 0 Å². The lowest BCUT2D eigenvalue weighted by molar-refractivity contribution is 0.312. The minimum absolute atomic E-state index is 0.989. The zero-order chi connectivity index (χ0) is 17.6. The first kappa shape index (κ1) is 16.0. The van der Waals surface area contributed by atoms with E-state index in [-0.39, 0.29) is 0 Å². The Kier molecular flexibility index (Phi) is 3.92. The molecule has 0 aliphatic carbocycles. The fourth-order valence-electron chi connectivity index (χ4n) is 3.61. The highest BCUT2D eigenvalue weighted by atomic mass is 15.1. The second kappa shape index (κ2) is 6.12. The first-order valence-corrected chi connectivity index (χ1v) is 8.81. The predicted molar refractivity (Wildman–Crippen MR) is 103 cm³/mol. The van der Waals surface area contributed by atoms with Crippen LogP contribution in [-0.4, -0.2) is 33.0 Å². The molecule has 0 atom stereocenters. The average Bonchev–Trinajstić information content (AvgIpc) is 2.88. The highest BCUT2D eigenvalue weighted by molar-refractivity contribution is 5.87. The monoisotopic (exact) mass is 332 g/mol. The van der Waals surface area contributed by atoms with E-state index in [1.807, 2.05) is 19.3 Å². The van der Waals surface area contributed by atoms with E-state index in [0.29, 0.717) is 0 Å². The van der Waals surface area contributed by atoms with Crippen LogP contribution in [0.15, 0.2) is 30.6 Å². The number of likely N-dealkylation sites (N-methyl/N-ethyl adjacent to an activating group) is 1. The number of pyridine rings is 2. The molecule has 0 bridgehead atoms. The lowest BCUT2D eigenvalue weighted by Crippen LogP contribution is -2.26. The summed E-state index contributed by atoms with van der Waals surface area (Å²) in [5, 5.41) is 1.28. The lowest BCUT2D eigenvalue weighted by Gasteiger charge is -2.23. The molecule has 0 N–H and O–H groups in total. The van der Waals surface area contributed by atoms with Gasteiger partial charge in [-0.25, -0.2) is 4.98 Å². The van der Waals surface area contributed by atoms with Gasteiger partial charge in [0.2, 0.25) is 0 Å². The van der Waals surface area contributed by atoms with Crippen LogP contribution in [0, 0.1) is 13.8 Å². The van der Waals surface area contributed by atoms with Crippen LogP contribution >= 0.6 is 0 Å². The topological polar surface area (TPSA) is 34.0 Å². The quantitative estimate of drug-likeness (QED) is 0.710. The summed E-state index contributed by atoms with van der Waals surface area (Å²) in [6, 6.07) is 6.47. The van der Waals surface area contributed by atoms with Crippen molar-refractivity contribution in [2.75, 3.05) is 13.6 Å². The van der Waals surface area contributed by atoms with Gasteiger partial charge in [0.1, 0.15) is 5.65 Å². The van der Waals surface area contributed by atoms with E-state index in [0.717, 1.165) is 36.4 Å². The Morgan fingerprint density at radius 2 is 2.00 bits per heavy atom. The molecule has 0 radical (unpaired) electrons. The molecule has 0 saturated carbocycles. The van der Waals surface area contributed by atoms with E-state index in [1.165, 1.54) is 27.8 Å². The molecule has 0 fully saturated rings. The Morgan fingerprint density at radius 1 is 1.16 bits per heavy atom. The van der Waals surface area contributed by atoms with Gasteiger partial charge in [0.05, 0.1) is 0 Å². The standard InChI is InChI=1S/C21H24N4/c1-14-9-18-19-13-24(4)8-7-20(19)25(21(18)23-10-14)12-15(2)17-6-5-16(3)22-11-17/h5-6,9-12H,7-8,13H2,1-4H3/b15-12+. The maximum atomic E-state index is 4.76. The van der Waals surface area contributed by atoms with Crippen LogP contribution in [0.25, 0.3) is 22.8 Å². The van der Waals surface area contributed by atoms with Gasteiger partial charge in [-0.3, -0.25) is 4.98 Å². The lowest BCUT2D eigenvalue weighted by atomic mass is 10.1. The van der Waals surface area contributed by atoms with Crippen LogP contribution in [0.1, 0.15) is 35.0 Å². The van der Waals surface area contributed by atoms with Gasteiger partial charge >= 0.3 is 0 Å². The van der Waals surface area contributed by atoms with Gasteiger partial charge in [0, 0.05) is 54.9 Å². The van der Waals surface area contributed by atoms with Gasteiger partial charge in [-0.15, -0.1) is 0 Å². The van der Waals surface area contributed by atoms with Crippen LogP contribution in [0.3, 0.4) is 0 Å². The van der Waals surface area contributed by atoms with E-state index >= 15 is 0 Å². The largest absolute Gasteiger partial charge is 0.304 e. The minimum Gasteiger partial charge on any atom is -0.304 e. The molecule has 0 unspecified atom stereocenters. The molecule has 0 aromatic carbocycles. The first-order chi connectivity index (χ1) is 12.0. The summed E-state index contributed by atoms with van der Waals surface area (Å²) in [6.45, 7) is 8.35. The summed E-state index contributed by atoms with van der Waals surface area (Å²) in [4.78, 5) is 11.6. The molecule has 4 rings (SSSR count). The van der Waals surface area contributed by atoms with Crippen molar-refractivity contribution in [2.45, 2.75) is 33.7 Å². The molecule has 1 aliphatic rings. The van der Waals surface area contributed by atoms with Crippen LogP contribution in [0.4, 0.5) is 0 Å². The molecule has 3 aromatic heterocycles. The Hall–Kier alpha value is -2.46. The molecule has 128 valence electrons. The van der Waals surface area contributed by atoms with E-state index in [9.17, 15) is 0 Å². The van der Waals surface area contributed by atoms with Crippen molar-refractivity contribution in [3.8, 4) is 0 Å². The molecule has 4 nitrogen and oxygen atoms in total. The Balaban J connectivity index is 1.89.